The fraction of sp³-hybridized carbons (Fsp3) is 0.406. The lowest BCUT2D eigenvalue weighted by molar-refractivity contribution is -0.0510. The number of hydrogen-bond acceptors (Lipinski definition) is 7. The Morgan fingerprint density at radius 1 is 1.13 bits per heavy atom. The van der Waals surface area contributed by atoms with E-state index in [1.54, 1.807) is 18.3 Å². The highest BCUT2D eigenvalue weighted by atomic mass is 19.4. The number of carbonyl (C=O) groups excluding carboxylic acids is 1. The molecule has 45 heavy (non-hydrogen) atoms. The summed E-state index contributed by atoms with van der Waals surface area (Å²) in [7, 11) is 0. The Labute approximate surface area is 257 Å². The number of anilines is 1. The normalized spacial score (nSPS) is 19.3. The number of nitrogens with two attached hydrogens (primary N) is 1. The number of carbonyl (C=O) groups is 1. The van der Waals surface area contributed by atoms with Crippen LogP contribution in [0.15, 0.2) is 47.5 Å². The number of nitrogen functional groups attached to an aromatic ring is 1. The standard InChI is InChI=1S/C32H31BF4N4O4/c34-21-5-1-17(2-6-21)28-29-24(33(16-44-29)32(35,36)37)13-26(41-28)31(43,20-3-4-20)15-40-30(42)18-11-19(14-39-22-7-8-22)27(38)25(12-18)45-23-9-10-23/h1-2,5-6,11-14,20,22-23,43H,3-4,7-10,15-16,38H2,(H,40,42). The van der Waals surface area contributed by atoms with E-state index in [9.17, 15) is 27.5 Å². The summed E-state index contributed by atoms with van der Waals surface area (Å²) in [5, 5.41) is 14.8. The summed E-state index contributed by atoms with van der Waals surface area (Å²) < 4.78 is 67.3. The van der Waals surface area contributed by atoms with Crippen molar-refractivity contribution >= 4 is 30.0 Å². The Hall–Kier alpha value is -4.13. The first-order valence-electron chi connectivity index (χ1n) is 15.1. The zero-order valence-electron chi connectivity index (χ0n) is 24.2. The summed E-state index contributed by atoms with van der Waals surface area (Å²) in [6.07, 6.45) is 2.05. The first-order valence-corrected chi connectivity index (χ1v) is 15.1. The number of aliphatic hydroxyl groups is 1. The molecule has 3 fully saturated rings. The van der Waals surface area contributed by atoms with Crippen LogP contribution in [0.1, 0.15) is 60.1 Å². The van der Waals surface area contributed by atoms with Gasteiger partial charge in [0.05, 0.1) is 36.6 Å². The number of fused-ring (bicyclic) bond motifs is 1. The molecule has 7 rings (SSSR count). The first kappa shape index (κ1) is 29.6. The van der Waals surface area contributed by atoms with Crippen molar-refractivity contribution in [2.45, 2.75) is 62.3 Å². The number of benzene rings is 2. The molecule has 4 aliphatic rings. The lowest BCUT2D eigenvalue weighted by Crippen LogP contribution is -2.47. The number of aliphatic imine (C=N–C) groups is 1. The topological polar surface area (TPSA) is 119 Å². The molecule has 2 heterocycles. The van der Waals surface area contributed by atoms with E-state index in [1.807, 2.05) is 0 Å². The average molecular weight is 622 g/mol. The van der Waals surface area contributed by atoms with Crippen molar-refractivity contribution in [1.29, 1.82) is 0 Å². The number of alkyl halides is 3. The van der Waals surface area contributed by atoms with E-state index in [2.05, 4.69) is 15.3 Å². The Bertz CT molecular complexity index is 1670. The minimum Gasteiger partial charge on any atom is -0.499 e. The molecule has 0 bridgehead atoms. The summed E-state index contributed by atoms with van der Waals surface area (Å²) in [6, 6.07) is 9.79. The van der Waals surface area contributed by atoms with Crippen LogP contribution in [0, 0.1) is 11.7 Å². The molecule has 0 spiro atoms. The van der Waals surface area contributed by atoms with Crippen LogP contribution in [0.2, 0.25) is 0 Å². The highest BCUT2D eigenvalue weighted by molar-refractivity contribution is 6.77. The quantitative estimate of drug-likeness (QED) is 0.134. The summed E-state index contributed by atoms with van der Waals surface area (Å²) in [5.74, 6) is -1.07. The van der Waals surface area contributed by atoms with Gasteiger partial charge >= 0.3 is 12.8 Å². The molecular weight excluding hydrogens is 591 g/mol. The molecular formula is C32H31BF4N4O4. The van der Waals surface area contributed by atoms with Gasteiger partial charge in [0.1, 0.15) is 28.6 Å². The van der Waals surface area contributed by atoms with Crippen LogP contribution in [-0.2, 0) is 5.60 Å². The Kier molecular flexibility index (Phi) is 7.26. The van der Waals surface area contributed by atoms with Crippen LogP contribution in [-0.4, -0.2) is 60.2 Å². The second kappa shape index (κ2) is 11.0. The third-order valence-electron chi connectivity index (χ3n) is 8.72. The molecule has 0 radical (unpaired) electrons. The second-order valence-corrected chi connectivity index (χ2v) is 12.4. The van der Waals surface area contributed by atoms with Gasteiger partial charge in [-0.05, 0) is 92.4 Å². The van der Waals surface area contributed by atoms with E-state index in [1.165, 1.54) is 30.3 Å². The molecule has 8 nitrogen and oxygen atoms in total. The van der Waals surface area contributed by atoms with Crippen LogP contribution in [0.4, 0.5) is 23.2 Å². The number of pyridine rings is 1. The maximum Gasteiger partial charge on any atom is 0.355 e. The van der Waals surface area contributed by atoms with Crippen molar-refractivity contribution in [2.24, 2.45) is 10.9 Å². The third kappa shape index (κ3) is 6.10. The highest BCUT2D eigenvalue weighted by Crippen LogP contribution is 2.46. The molecule has 3 aromatic rings. The second-order valence-electron chi connectivity index (χ2n) is 12.4. The third-order valence-corrected chi connectivity index (χ3v) is 8.72. The molecule has 1 aliphatic heterocycles. The zero-order valence-corrected chi connectivity index (χ0v) is 24.2. The van der Waals surface area contributed by atoms with Crippen LogP contribution in [0.5, 0.6) is 11.5 Å². The van der Waals surface area contributed by atoms with Gasteiger partial charge in [0.25, 0.3) is 5.91 Å². The molecule has 234 valence electrons. The molecule has 1 amide bonds. The highest BCUT2D eigenvalue weighted by Gasteiger charge is 2.53. The van der Waals surface area contributed by atoms with Crippen LogP contribution in [0.3, 0.4) is 0 Å². The van der Waals surface area contributed by atoms with E-state index >= 15 is 0 Å². The average Bonchev–Trinajstić information content (AvgIpc) is 3.87. The predicted octanol–water partition coefficient (Wildman–Crippen LogP) is 4.35. The van der Waals surface area contributed by atoms with Crippen LogP contribution >= 0.6 is 0 Å². The lowest BCUT2D eigenvalue weighted by atomic mass is 9.45. The van der Waals surface area contributed by atoms with Crippen LogP contribution < -0.4 is 26.0 Å². The molecule has 1 aromatic heterocycles. The Morgan fingerprint density at radius 2 is 1.87 bits per heavy atom. The fourth-order valence-electron chi connectivity index (χ4n) is 5.60. The van der Waals surface area contributed by atoms with Crippen molar-refractivity contribution in [2.75, 3.05) is 18.8 Å². The van der Waals surface area contributed by atoms with Gasteiger partial charge in [-0.1, -0.05) is 0 Å². The molecule has 1 unspecified atom stereocenters. The SMILES string of the molecule is Nc1c(C=NC2CC2)cc(C(=O)NCC(O)(c2cc3c(c(-c4ccc(F)cc4)n2)OCB3C(F)(F)F)C2CC2)cc1OC1CC1. The number of aromatic nitrogens is 1. The molecule has 2 aromatic carbocycles. The van der Waals surface area contributed by atoms with Gasteiger partial charge in [-0.3, -0.25) is 9.79 Å². The van der Waals surface area contributed by atoms with E-state index < -0.39 is 36.6 Å². The largest absolute Gasteiger partial charge is 0.499 e. The van der Waals surface area contributed by atoms with Crippen molar-refractivity contribution in [3.8, 4) is 22.8 Å². The molecule has 0 saturated heterocycles. The van der Waals surface area contributed by atoms with Crippen molar-refractivity contribution < 1.29 is 36.9 Å². The summed E-state index contributed by atoms with van der Waals surface area (Å²) in [6.45, 7) is -2.87. The number of nitrogens with one attached hydrogen (secondary N) is 1. The summed E-state index contributed by atoms with van der Waals surface area (Å²) in [5.41, 5.74) is 5.98. The number of hydrogen-bond donors (Lipinski definition) is 3. The Balaban J connectivity index is 1.22. The van der Waals surface area contributed by atoms with Gasteiger partial charge in [-0.2, -0.15) is 13.2 Å². The summed E-state index contributed by atoms with van der Waals surface area (Å²) >= 11 is 0. The number of amides is 1. The van der Waals surface area contributed by atoms with Gasteiger partial charge in [0.2, 0.25) is 0 Å². The fourth-order valence-corrected chi connectivity index (χ4v) is 5.60. The molecule has 13 heteroatoms. The maximum absolute atomic E-state index is 14.0. The van der Waals surface area contributed by atoms with Gasteiger partial charge in [0.15, 0.2) is 0 Å². The lowest BCUT2D eigenvalue weighted by Gasteiger charge is -2.29. The van der Waals surface area contributed by atoms with Crippen molar-refractivity contribution in [3.05, 3.63) is 65.1 Å². The number of halogens is 4. The van der Waals surface area contributed by atoms with Gasteiger partial charge in [-0.15, -0.1) is 0 Å². The van der Waals surface area contributed by atoms with E-state index in [4.69, 9.17) is 15.2 Å². The molecule has 4 N–H and O–H groups in total. The maximum atomic E-state index is 14.0. The van der Waals surface area contributed by atoms with Gasteiger partial charge < -0.3 is 25.6 Å². The van der Waals surface area contributed by atoms with Crippen molar-refractivity contribution in [3.63, 3.8) is 0 Å². The zero-order chi connectivity index (χ0) is 31.5. The van der Waals surface area contributed by atoms with Gasteiger partial charge in [-0.25, -0.2) is 9.37 Å². The summed E-state index contributed by atoms with van der Waals surface area (Å²) in [4.78, 5) is 22.6. The minimum atomic E-state index is -4.61. The molecule has 3 aliphatic carbocycles. The smallest absolute Gasteiger partial charge is 0.355 e. The van der Waals surface area contributed by atoms with E-state index in [0.717, 1.165) is 25.7 Å². The molecule has 3 saturated carbocycles. The first-order chi connectivity index (χ1) is 21.5. The molecule has 1 atom stereocenters. The minimum absolute atomic E-state index is 0.0181. The number of ether oxygens (including phenoxy) is 2. The Morgan fingerprint density at radius 3 is 2.51 bits per heavy atom. The van der Waals surface area contributed by atoms with Crippen LogP contribution in [0.25, 0.3) is 11.3 Å². The predicted molar refractivity (Wildman–Crippen MR) is 161 cm³/mol. The number of nitrogens with zero attached hydrogens (tertiary/aromatic N) is 2. The monoisotopic (exact) mass is 622 g/mol. The van der Waals surface area contributed by atoms with E-state index in [-0.39, 0.29) is 52.8 Å². The van der Waals surface area contributed by atoms with Crippen molar-refractivity contribution in [1.82, 2.24) is 10.3 Å². The van der Waals surface area contributed by atoms with E-state index in [0.29, 0.717) is 35.4 Å². The van der Waals surface area contributed by atoms with Gasteiger partial charge in [0, 0.05) is 22.9 Å². The number of rotatable bonds is 10.